The molecule has 0 saturated carbocycles. The van der Waals surface area contributed by atoms with Gasteiger partial charge in [0.05, 0.1) is 28.4 Å². The maximum Gasteiger partial charge on any atom is 0.315 e. The molecule has 76 valence electrons. The van der Waals surface area contributed by atoms with Crippen LogP contribution in [-0.4, -0.2) is 28.4 Å². The molecule has 5 nitrogen and oxygen atoms in total. The molecule has 0 saturated heterocycles. The van der Waals surface area contributed by atoms with Crippen molar-refractivity contribution in [2.24, 2.45) is 0 Å². The maximum atomic E-state index is 4.90. The predicted molar refractivity (Wildman–Crippen MR) is 45.3 cm³/mol. The first-order chi connectivity index (χ1) is 6.28. The second-order valence-corrected chi connectivity index (χ2v) is 1.83. The van der Waals surface area contributed by atoms with E-state index in [0.717, 1.165) is 0 Å². The largest absolute Gasteiger partial charge is 0.467 e. The first kappa shape index (κ1) is 11.5. The van der Waals surface area contributed by atoms with Crippen molar-refractivity contribution in [2.75, 3.05) is 28.4 Å². The molecule has 0 radical (unpaired) electrons. The van der Waals surface area contributed by atoms with Gasteiger partial charge < -0.3 is 23.7 Å². The topological polar surface area (TPSA) is 46.2 Å². The van der Waals surface area contributed by atoms with Crippen molar-refractivity contribution in [3.8, 4) is 0 Å². The van der Waals surface area contributed by atoms with Gasteiger partial charge in [0.2, 0.25) is 0 Å². The van der Waals surface area contributed by atoms with Crippen LogP contribution in [0.25, 0.3) is 0 Å². The Morgan fingerprint density at radius 3 is 1.23 bits per heavy atom. The van der Waals surface area contributed by atoms with E-state index in [2.05, 4.69) is 0 Å². The highest BCUT2D eigenvalue weighted by atomic mass is 16.7. The third kappa shape index (κ3) is 4.84. The van der Waals surface area contributed by atoms with Crippen molar-refractivity contribution in [2.45, 2.75) is 0 Å². The molecule has 0 amide bonds. The van der Waals surface area contributed by atoms with Gasteiger partial charge in [0.25, 0.3) is 0 Å². The summed E-state index contributed by atoms with van der Waals surface area (Å²) in [5.74, 6) is 0.505. The fourth-order valence-electron chi connectivity index (χ4n) is 0.504. The molecule has 0 aromatic carbocycles. The van der Waals surface area contributed by atoms with E-state index in [9.17, 15) is 0 Å². The van der Waals surface area contributed by atoms with E-state index in [1.165, 1.54) is 41.0 Å². The van der Waals surface area contributed by atoms with Crippen LogP contribution in [0.1, 0.15) is 0 Å². The van der Waals surface area contributed by atoms with Gasteiger partial charge in [0.15, 0.2) is 12.5 Å². The van der Waals surface area contributed by atoms with Crippen LogP contribution >= 0.6 is 0 Å². The van der Waals surface area contributed by atoms with Gasteiger partial charge >= 0.3 is 11.9 Å². The van der Waals surface area contributed by atoms with Crippen LogP contribution in [0, 0.1) is 0 Å². The monoisotopic (exact) mass is 190 g/mol. The van der Waals surface area contributed by atoms with Gasteiger partial charge in [-0.3, -0.25) is 0 Å². The molecule has 0 aromatic rings. The van der Waals surface area contributed by atoms with Crippen LogP contribution < -0.4 is 0 Å². The average molecular weight is 190 g/mol. The Hall–Kier alpha value is -1.52. The van der Waals surface area contributed by atoms with Crippen LogP contribution in [0.5, 0.6) is 0 Å². The lowest BCUT2D eigenvalue weighted by molar-refractivity contribution is 0.0694. The second-order valence-electron chi connectivity index (χ2n) is 1.83. The molecular formula is C8H14O5. The molecule has 0 fully saturated rings. The molecule has 0 heterocycles. The Morgan fingerprint density at radius 2 is 1.00 bits per heavy atom. The minimum Gasteiger partial charge on any atom is -0.467 e. The molecule has 0 atom stereocenters. The Morgan fingerprint density at radius 1 is 0.692 bits per heavy atom. The lowest BCUT2D eigenvalue weighted by Gasteiger charge is -2.04. The molecule has 0 aliphatic carbocycles. The van der Waals surface area contributed by atoms with Crippen LogP contribution in [0.2, 0.25) is 0 Å². The van der Waals surface area contributed by atoms with Gasteiger partial charge in [0, 0.05) is 0 Å². The summed E-state index contributed by atoms with van der Waals surface area (Å²) in [6, 6.07) is 0. The lowest BCUT2D eigenvalue weighted by Crippen LogP contribution is -1.92. The molecule has 0 bridgehead atoms. The predicted octanol–water partition coefficient (Wildman–Crippen LogP) is 1.19. The number of methoxy groups -OCH3 is 4. The van der Waals surface area contributed by atoms with Crippen molar-refractivity contribution in [3.05, 3.63) is 24.4 Å². The van der Waals surface area contributed by atoms with E-state index < -0.39 is 0 Å². The Labute approximate surface area is 77.5 Å². The Bertz CT molecular complexity index is 153. The standard InChI is InChI=1S/C8H14O5/c1-9-7(10-2)5-13-6-8(11-3)12-4/h5-6H,1-4H3. The van der Waals surface area contributed by atoms with E-state index in [1.807, 2.05) is 0 Å². The van der Waals surface area contributed by atoms with E-state index in [0.29, 0.717) is 0 Å². The van der Waals surface area contributed by atoms with Gasteiger partial charge in [-0.1, -0.05) is 0 Å². The fraction of sp³-hybridized carbons (Fsp3) is 0.500. The van der Waals surface area contributed by atoms with Crippen molar-refractivity contribution in [1.82, 2.24) is 0 Å². The highest BCUT2D eigenvalue weighted by Gasteiger charge is 1.94. The van der Waals surface area contributed by atoms with Gasteiger partial charge in [-0.25, -0.2) is 0 Å². The summed E-state index contributed by atoms with van der Waals surface area (Å²) in [4.78, 5) is 0. The molecule has 5 heteroatoms. The summed E-state index contributed by atoms with van der Waals surface area (Å²) in [6.45, 7) is 0. The van der Waals surface area contributed by atoms with E-state index >= 15 is 0 Å². The summed E-state index contributed by atoms with van der Waals surface area (Å²) >= 11 is 0. The Kier molecular flexibility index (Phi) is 6.31. The quantitative estimate of drug-likeness (QED) is 0.588. The van der Waals surface area contributed by atoms with Crippen LogP contribution in [0.3, 0.4) is 0 Å². The van der Waals surface area contributed by atoms with Gasteiger partial charge in [-0.2, -0.15) is 0 Å². The zero-order chi connectivity index (χ0) is 10.1. The van der Waals surface area contributed by atoms with Crippen molar-refractivity contribution >= 4 is 0 Å². The first-order valence-electron chi connectivity index (χ1n) is 3.50. The first-order valence-corrected chi connectivity index (χ1v) is 3.50. The second kappa shape index (κ2) is 7.15. The number of hydrogen-bond donors (Lipinski definition) is 0. The molecular weight excluding hydrogens is 176 g/mol. The highest BCUT2D eigenvalue weighted by Crippen LogP contribution is 2.00. The van der Waals surface area contributed by atoms with Gasteiger partial charge in [0.1, 0.15) is 0 Å². The van der Waals surface area contributed by atoms with Crippen LogP contribution in [0.4, 0.5) is 0 Å². The molecule has 0 spiro atoms. The zero-order valence-corrected chi connectivity index (χ0v) is 8.20. The smallest absolute Gasteiger partial charge is 0.315 e. The molecule has 0 aliphatic heterocycles. The van der Waals surface area contributed by atoms with Crippen molar-refractivity contribution < 1.29 is 23.7 Å². The molecule has 0 aliphatic rings. The van der Waals surface area contributed by atoms with E-state index in [1.54, 1.807) is 0 Å². The molecule has 13 heavy (non-hydrogen) atoms. The van der Waals surface area contributed by atoms with E-state index in [-0.39, 0.29) is 11.9 Å². The molecule has 0 N–H and O–H groups in total. The summed E-state index contributed by atoms with van der Waals surface area (Å²) in [5, 5.41) is 0. The lowest BCUT2D eigenvalue weighted by atomic mass is 10.9. The SMILES string of the molecule is COC(=COC=C(OC)OC)OC. The highest BCUT2D eigenvalue weighted by molar-refractivity contribution is 4.81. The maximum absolute atomic E-state index is 4.90. The number of rotatable bonds is 6. The average Bonchev–Trinajstić information content (AvgIpc) is 2.19. The zero-order valence-electron chi connectivity index (χ0n) is 8.20. The van der Waals surface area contributed by atoms with Crippen LogP contribution in [-0.2, 0) is 23.7 Å². The molecule has 0 rings (SSSR count). The Balaban J connectivity index is 3.99. The van der Waals surface area contributed by atoms with Gasteiger partial charge in [-0.05, 0) is 0 Å². The summed E-state index contributed by atoms with van der Waals surface area (Å²) < 4.78 is 23.9. The third-order valence-corrected chi connectivity index (χ3v) is 1.13. The van der Waals surface area contributed by atoms with Crippen LogP contribution in [0.15, 0.2) is 24.4 Å². The minimum absolute atomic E-state index is 0.253. The van der Waals surface area contributed by atoms with Crippen molar-refractivity contribution in [3.63, 3.8) is 0 Å². The number of hydrogen-bond acceptors (Lipinski definition) is 5. The summed E-state index contributed by atoms with van der Waals surface area (Å²) in [6.07, 6.45) is 2.55. The van der Waals surface area contributed by atoms with Crippen molar-refractivity contribution in [1.29, 1.82) is 0 Å². The summed E-state index contributed by atoms with van der Waals surface area (Å²) in [7, 11) is 5.87. The normalized spacial score (nSPS) is 8.00. The molecule has 0 unspecified atom stereocenters. The van der Waals surface area contributed by atoms with Gasteiger partial charge in [-0.15, -0.1) is 0 Å². The fourth-order valence-corrected chi connectivity index (χ4v) is 0.504. The van der Waals surface area contributed by atoms with E-state index in [4.69, 9.17) is 23.7 Å². The summed E-state index contributed by atoms with van der Waals surface area (Å²) in [5.41, 5.74) is 0. The number of ether oxygens (including phenoxy) is 5. The third-order valence-electron chi connectivity index (χ3n) is 1.13. The minimum atomic E-state index is 0.253. The molecule has 0 aromatic heterocycles.